The Balaban J connectivity index is 1.82. The van der Waals surface area contributed by atoms with Crippen molar-refractivity contribution in [2.75, 3.05) is 32.7 Å². The average molecular weight is 471 g/mol. The summed E-state index contributed by atoms with van der Waals surface area (Å²) in [4.78, 5) is 0. The van der Waals surface area contributed by atoms with Crippen molar-refractivity contribution < 1.29 is 27.2 Å². The summed E-state index contributed by atoms with van der Waals surface area (Å²) in [6.07, 6.45) is 0.901. The van der Waals surface area contributed by atoms with E-state index < -0.39 is 21.8 Å². The molecule has 0 saturated carbocycles. The third kappa shape index (κ3) is 6.96. The number of ether oxygens (including phenoxy) is 2. The zero-order chi connectivity index (χ0) is 23.6. The lowest BCUT2D eigenvalue weighted by atomic mass is 9.80. The largest absolute Gasteiger partial charge is 0.394 e. The van der Waals surface area contributed by atoms with Crippen molar-refractivity contribution in [1.82, 2.24) is 0 Å². The smallest absolute Gasteiger partial charge is 0.264 e. The number of rotatable bonds is 13. The molecule has 0 aliphatic carbocycles. The van der Waals surface area contributed by atoms with E-state index in [1.807, 2.05) is 91.0 Å². The Labute approximate surface area is 195 Å². The maximum atomic E-state index is 11.1. The lowest BCUT2D eigenvalue weighted by Gasteiger charge is -2.36. The molecule has 3 aromatic carbocycles. The summed E-state index contributed by atoms with van der Waals surface area (Å²) in [5.74, 6) is 0. The summed E-state index contributed by atoms with van der Waals surface area (Å²) in [7, 11) is -3.52. The van der Waals surface area contributed by atoms with Gasteiger partial charge in [0.25, 0.3) is 10.1 Å². The quantitative estimate of drug-likeness (QED) is 0.233. The molecule has 0 aromatic heterocycles. The molecular weight excluding hydrogens is 440 g/mol. The van der Waals surface area contributed by atoms with Crippen LogP contribution >= 0.6 is 0 Å². The normalized spacial score (nSPS) is 13.0. The van der Waals surface area contributed by atoms with Gasteiger partial charge in [0.15, 0.2) is 0 Å². The van der Waals surface area contributed by atoms with Crippen LogP contribution < -0.4 is 0 Å². The molecule has 0 amide bonds. The molecule has 1 unspecified atom stereocenters. The maximum absolute atomic E-state index is 11.1. The van der Waals surface area contributed by atoms with Crippen molar-refractivity contribution >= 4 is 10.1 Å². The van der Waals surface area contributed by atoms with Gasteiger partial charge in [0.05, 0.1) is 38.8 Å². The Morgan fingerprint density at radius 1 is 0.758 bits per heavy atom. The standard InChI is InChI=1S/C26H30O6S/c1-33(28,29)32-20-19-30-25(21-27)17-18-31-26(22-11-5-2-6-12-22,23-13-7-3-8-14-23)24-15-9-4-10-16-24/h2-16,25,27H,17-21H2,1H3. The van der Waals surface area contributed by atoms with Crippen molar-refractivity contribution in [2.45, 2.75) is 18.1 Å². The number of benzene rings is 3. The summed E-state index contributed by atoms with van der Waals surface area (Å²) < 4.78 is 39.1. The van der Waals surface area contributed by atoms with Crippen LogP contribution in [0.3, 0.4) is 0 Å². The first-order valence-corrected chi connectivity index (χ1v) is 12.6. The molecule has 0 spiro atoms. The van der Waals surface area contributed by atoms with E-state index >= 15 is 0 Å². The molecule has 0 fully saturated rings. The second-order valence-electron chi connectivity index (χ2n) is 7.62. The van der Waals surface area contributed by atoms with Crippen molar-refractivity contribution in [3.05, 3.63) is 108 Å². The van der Waals surface area contributed by atoms with E-state index in [-0.39, 0.29) is 19.8 Å². The molecule has 0 saturated heterocycles. The zero-order valence-electron chi connectivity index (χ0n) is 18.7. The highest BCUT2D eigenvalue weighted by molar-refractivity contribution is 7.85. The number of hydrogen-bond acceptors (Lipinski definition) is 6. The Morgan fingerprint density at radius 3 is 1.61 bits per heavy atom. The highest BCUT2D eigenvalue weighted by atomic mass is 32.2. The first-order chi connectivity index (χ1) is 16.0. The van der Waals surface area contributed by atoms with Gasteiger partial charge < -0.3 is 14.6 Å². The average Bonchev–Trinajstić information content (AvgIpc) is 2.84. The van der Waals surface area contributed by atoms with Crippen LogP contribution in [0.15, 0.2) is 91.0 Å². The van der Waals surface area contributed by atoms with Gasteiger partial charge in [0, 0.05) is 0 Å². The van der Waals surface area contributed by atoms with Crippen LogP contribution in [0.1, 0.15) is 23.1 Å². The third-order valence-electron chi connectivity index (χ3n) is 5.24. The molecule has 3 rings (SSSR count). The van der Waals surface area contributed by atoms with Gasteiger partial charge in [0.2, 0.25) is 0 Å². The van der Waals surface area contributed by atoms with Gasteiger partial charge in [-0.3, -0.25) is 4.18 Å². The van der Waals surface area contributed by atoms with Crippen LogP contribution in [0.2, 0.25) is 0 Å². The molecule has 6 nitrogen and oxygen atoms in total. The predicted octanol–water partition coefficient (Wildman–Crippen LogP) is 3.74. The lowest BCUT2D eigenvalue weighted by Crippen LogP contribution is -2.34. The minimum absolute atomic E-state index is 0.0551. The monoisotopic (exact) mass is 470 g/mol. The Morgan fingerprint density at radius 2 is 1.21 bits per heavy atom. The molecule has 0 radical (unpaired) electrons. The molecule has 176 valence electrons. The zero-order valence-corrected chi connectivity index (χ0v) is 19.5. The van der Waals surface area contributed by atoms with Crippen molar-refractivity contribution in [3.8, 4) is 0 Å². The maximum Gasteiger partial charge on any atom is 0.264 e. The van der Waals surface area contributed by atoms with Gasteiger partial charge in [0.1, 0.15) is 5.60 Å². The minimum Gasteiger partial charge on any atom is -0.394 e. The molecule has 3 aromatic rings. The fraction of sp³-hybridized carbons (Fsp3) is 0.308. The van der Waals surface area contributed by atoms with Crippen molar-refractivity contribution in [1.29, 1.82) is 0 Å². The summed E-state index contributed by atoms with van der Waals surface area (Å²) in [6, 6.07) is 30.1. The highest BCUT2D eigenvalue weighted by Crippen LogP contribution is 2.40. The molecular formula is C26H30O6S. The Kier molecular flexibility index (Phi) is 9.17. The van der Waals surface area contributed by atoms with E-state index in [0.29, 0.717) is 13.0 Å². The summed E-state index contributed by atoms with van der Waals surface area (Å²) in [5, 5.41) is 9.73. The van der Waals surface area contributed by atoms with Crippen LogP contribution in [0.4, 0.5) is 0 Å². The van der Waals surface area contributed by atoms with Crippen molar-refractivity contribution in [3.63, 3.8) is 0 Å². The Bertz CT molecular complexity index is 959. The first kappa shape index (κ1) is 25.1. The fourth-order valence-electron chi connectivity index (χ4n) is 3.74. The molecule has 0 aliphatic heterocycles. The van der Waals surface area contributed by atoms with Crippen LogP contribution in [0, 0.1) is 0 Å². The van der Waals surface area contributed by atoms with Gasteiger partial charge >= 0.3 is 0 Å². The number of aliphatic hydroxyl groups is 1. The van der Waals surface area contributed by atoms with Gasteiger partial charge in [-0.05, 0) is 23.1 Å². The molecule has 33 heavy (non-hydrogen) atoms. The molecule has 0 bridgehead atoms. The van der Waals surface area contributed by atoms with E-state index in [9.17, 15) is 13.5 Å². The molecule has 7 heteroatoms. The van der Waals surface area contributed by atoms with E-state index in [0.717, 1.165) is 22.9 Å². The van der Waals surface area contributed by atoms with E-state index in [1.165, 1.54) is 0 Å². The van der Waals surface area contributed by atoms with Gasteiger partial charge in [-0.2, -0.15) is 8.42 Å². The second-order valence-corrected chi connectivity index (χ2v) is 9.26. The molecule has 0 aliphatic rings. The van der Waals surface area contributed by atoms with E-state index in [4.69, 9.17) is 13.7 Å². The SMILES string of the molecule is CS(=O)(=O)OCCOC(CO)CCOC(c1ccccc1)(c1ccccc1)c1ccccc1. The second kappa shape index (κ2) is 12.1. The van der Waals surface area contributed by atoms with Crippen LogP contribution in [-0.4, -0.2) is 52.3 Å². The summed E-state index contributed by atoms with van der Waals surface area (Å²) in [5.41, 5.74) is 2.13. The van der Waals surface area contributed by atoms with Gasteiger partial charge in [-0.15, -0.1) is 0 Å². The fourth-order valence-corrected chi connectivity index (χ4v) is 4.11. The van der Waals surface area contributed by atoms with E-state index in [2.05, 4.69) is 0 Å². The van der Waals surface area contributed by atoms with Crippen molar-refractivity contribution in [2.24, 2.45) is 0 Å². The van der Waals surface area contributed by atoms with Crippen LogP contribution in [0.5, 0.6) is 0 Å². The van der Waals surface area contributed by atoms with Gasteiger partial charge in [-0.25, -0.2) is 0 Å². The first-order valence-electron chi connectivity index (χ1n) is 10.8. The van der Waals surface area contributed by atoms with E-state index in [1.54, 1.807) is 0 Å². The third-order valence-corrected chi connectivity index (χ3v) is 5.83. The molecule has 1 atom stereocenters. The summed E-state index contributed by atoms with van der Waals surface area (Å²) >= 11 is 0. The number of hydrogen-bond donors (Lipinski definition) is 1. The molecule has 1 N–H and O–H groups in total. The minimum atomic E-state index is -3.52. The Hall–Kier alpha value is -2.55. The lowest BCUT2D eigenvalue weighted by molar-refractivity contribution is -0.0431. The predicted molar refractivity (Wildman–Crippen MR) is 127 cm³/mol. The molecule has 0 heterocycles. The van der Waals surface area contributed by atoms with Crippen LogP contribution in [-0.2, 0) is 29.4 Å². The summed E-state index contributed by atoms with van der Waals surface area (Å²) in [6.45, 7) is 0.0474. The highest BCUT2D eigenvalue weighted by Gasteiger charge is 2.37. The van der Waals surface area contributed by atoms with Crippen LogP contribution in [0.25, 0.3) is 0 Å². The number of aliphatic hydroxyl groups excluding tert-OH is 1. The van der Waals surface area contributed by atoms with Gasteiger partial charge in [-0.1, -0.05) is 91.0 Å². The topological polar surface area (TPSA) is 82.1 Å².